The average molecular weight is 296 g/mol. The molecule has 0 saturated heterocycles. The highest BCUT2D eigenvalue weighted by molar-refractivity contribution is 5.89. The first-order valence-electron chi connectivity index (χ1n) is 6.54. The molecule has 2 heterocycles. The van der Waals surface area contributed by atoms with Crippen LogP contribution in [-0.4, -0.2) is 20.8 Å². The summed E-state index contributed by atoms with van der Waals surface area (Å²) in [6.07, 6.45) is 1.22. The van der Waals surface area contributed by atoms with Crippen LogP contribution in [-0.2, 0) is 4.79 Å². The van der Waals surface area contributed by atoms with Gasteiger partial charge in [0, 0.05) is 29.8 Å². The predicted molar refractivity (Wildman–Crippen MR) is 82.5 cm³/mol. The van der Waals surface area contributed by atoms with Crippen LogP contribution in [0.2, 0.25) is 0 Å². The van der Waals surface area contributed by atoms with Crippen LogP contribution in [0.1, 0.15) is 6.92 Å². The fourth-order valence-electron chi connectivity index (χ4n) is 2.20. The molecule has 0 aliphatic heterocycles. The molecule has 1 amide bonds. The molecule has 0 saturated carbocycles. The number of aromatic nitrogens is 2. The van der Waals surface area contributed by atoms with Crippen LogP contribution < -0.4 is 5.32 Å². The van der Waals surface area contributed by atoms with E-state index in [-0.39, 0.29) is 11.6 Å². The number of nitrogens with one attached hydrogen (secondary N) is 2. The van der Waals surface area contributed by atoms with Gasteiger partial charge in [-0.2, -0.15) is 0 Å². The number of H-pyrrole nitrogens is 1. The summed E-state index contributed by atoms with van der Waals surface area (Å²) in [7, 11) is 0. The Balaban J connectivity index is 1.95. The van der Waals surface area contributed by atoms with Crippen molar-refractivity contribution in [2.75, 3.05) is 5.32 Å². The topological polar surface area (TPSA) is 101 Å². The molecule has 0 fully saturated rings. The zero-order valence-electron chi connectivity index (χ0n) is 11.7. The highest BCUT2D eigenvalue weighted by Gasteiger charge is 2.10. The van der Waals surface area contributed by atoms with E-state index in [0.29, 0.717) is 16.7 Å². The molecule has 0 radical (unpaired) electrons. The van der Waals surface area contributed by atoms with Crippen LogP contribution >= 0.6 is 0 Å². The maximum absolute atomic E-state index is 11.0. The lowest BCUT2D eigenvalue weighted by Gasteiger charge is -2.03. The predicted octanol–water partition coefficient (Wildman–Crippen LogP) is 3.10. The van der Waals surface area contributed by atoms with E-state index >= 15 is 0 Å². The second-order valence-corrected chi connectivity index (χ2v) is 4.83. The highest BCUT2D eigenvalue weighted by atomic mass is 16.6. The van der Waals surface area contributed by atoms with Gasteiger partial charge < -0.3 is 10.3 Å². The van der Waals surface area contributed by atoms with Gasteiger partial charge in [0.25, 0.3) is 5.69 Å². The number of anilines is 1. The Labute approximate surface area is 125 Å². The van der Waals surface area contributed by atoms with E-state index in [1.165, 1.54) is 19.2 Å². The van der Waals surface area contributed by atoms with Gasteiger partial charge in [0.05, 0.1) is 4.92 Å². The normalized spacial score (nSPS) is 10.6. The Morgan fingerprint density at radius 2 is 2.00 bits per heavy atom. The molecule has 3 aromatic rings. The molecule has 3 rings (SSSR count). The molecule has 0 atom stereocenters. The van der Waals surface area contributed by atoms with Crippen LogP contribution in [0.5, 0.6) is 0 Å². The number of hydrogen-bond donors (Lipinski definition) is 2. The summed E-state index contributed by atoms with van der Waals surface area (Å²) in [5.41, 5.74) is 2.96. The van der Waals surface area contributed by atoms with Crippen LogP contribution in [0.3, 0.4) is 0 Å². The number of carbonyl (C=O) groups is 1. The third-order valence-corrected chi connectivity index (χ3v) is 3.18. The Bertz CT molecular complexity index is 868. The minimum absolute atomic E-state index is 0.0425. The van der Waals surface area contributed by atoms with Crippen molar-refractivity contribution in [3.63, 3.8) is 0 Å². The molecule has 2 aromatic heterocycles. The van der Waals surface area contributed by atoms with Gasteiger partial charge in [-0.1, -0.05) is 12.1 Å². The molecule has 22 heavy (non-hydrogen) atoms. The SMILES string of the molecule is CC(=O)Nc1ccc(-c2cc3cc([N+](=O)[O-])cnc3[nH]2)cc1. The zero-order chi connectivity index (χ0) is 15.7. The largest absolute Gasteiger partial charge is 0.339 e. The molecule has 0 unspecified atom stereocenters. The number of rotatable bonds is 3. The Hall–Kier alpha value is -3.22. The second kappa shape index (κ2) is 5.28. The highest BCUT2D eigenvalue weighted by Crippen LogP contribution is 2.26. The molecule has 0 bridgehead atoms. The van der Waals surface area contributed by atoms with Crippen LogP contribution in [0.4, 0.5) is 11.4 Å². The van der Waals surface area contributed by atoms with Gasteiger partial charge in [0.15, 0.2) is 0 Å². The maximum atomic E-state index is 11.0. The summed E-state index contributed by atoms with van der Waals surface area (Å²) in [6, 6.07) is 10.6. The van der Waals surface area contributed by atoms with Gasteiger partial charge in [-0.3, -0.25) is 14.9 Å². The first-order valence-corrected chi connectivity index (χ1v) is 6.54. The molecule has 7 heteroatoms. The molecule has 0 aliphatic rings. The summed E-state index contributed by atoms with van der Waals surface area (Å²) in [6.45, 7) is 1.45. The van der Waals surface area contributed by atoms with Crippen molar-refractivity contribution in [1.29, 1.82) is 0 Å². The van der Waals surface area contributed by atoms with Crippen molar-refractivity contribution in [2.45, 2.75) is 6.92 Å². The number of pyridine rings is 1. The van der Waals surface area contributed by atoms with Crippen LogP contribution in [0.15, 0.2) is 42.6 Å². The van der Waals surface area contributed by atoms with E-state index in [1.807, 2.05) is 18.2 Å². The number of nitro groups is 1. The van der Waals surface area contributed by atoms with Crippen molar-refractivity contribution in [3.05, 3.63) is 52.7 Å². The van der Waals surface area contributed by atoms with Gasteiger partial charge in [0.1, 0.15) is 11.8 Å². The smallest absolute Gasteiger partial charge is 0.288 e. The van der Waals surface area contributed by atoms with Crippen LogP contribution in [0.25, 0.3) is 22.3 Å². The number of hydrogen-bond acceptors (Lipinski definition) is 4. The van der Waals surface area contributed by atoms with Gasteiger partial charge in [-0.05, 0) is 23.8 Å². The van der Waals surface area contributed by atoms with Crippen molar-refractivity contribution in [3.8, 4) is 11.3 Å². The third-order valence-electron chi connectivity index (χ3n) is 3.18. The second-order valence-electron chi connectivity index (χ2n) is 4.83. The zero-order valence-corrected chi connectivity index (χ0v) is 11.7. The summed E-state index contributed by atoms with van der Waals surface area (Å²) < 4.78 is 0. The number of nitrogens with zero attached hydrogens (tertiary/aromatic N) is 2. The minimum Gasteiger partial charge on any atom is -0.339 e. The number of amides is 1. The lowest BCUT2D eigenvalue weighted by atomic mass is 10.1. The average Bonchev–Trinajstić information content (AvgIpc) is 2.90. The standard InChI is InChI=1S/C15H12N4O3/c1-9(20)17-12-4-2-10(3-5-12)14-7-11-6-13(19(21)22)8-16-15(11)18-14/h2-8H,1H3,(H,16,18)(H,17,20). The molecule has 0 aliphatic carbocycles. The van der Waals surface area contributed by atoms with Crippen LogP contribution in [0, 0.1) is 10.1 Å². The van der Waals surface area contributed by atoms with E-state index < -0.39 is 4.92 Å². The Morgan fingerprint density at radius 3 is 2.64 bits per heavy atom. The van der Waals surface area contributed by atoms with Crippen molar-refractivity contribution in [1.82, 2.24) is 9.97 Å². The Morgan fingerprint density at radius 1 is 1.27 bits per heavy atom. The van der Waals surface area contributed by atoms with E-state index in [2.05, 4.69) is 15.3 Å². The number of fused-ring (bicyclic) bond motifs is 1. The fourth-order valence-corrected chi connectivity index (χ4v) is 2.20. The third kappa shape index (κ3) is 2.64. The molecule has 7 nitrogen and oxygen atoms in total. The Kier molecular flexibility index (Phi) is 3.30. The van der Waals surface area contributed by atoms with Crippen molar-refractivity contribution < 1.29 is 9.72 Å². The molecule has 2 N–H and O–H groups in total. The summed E-state index contributed by atoms with van der Waals surface area (Å²) in [5, 5.41) is 14.1. The van der Waals surface area contributed by atoms with Gasteiger partial charge >= 0.3 is 0 Å². The summed E-state index contributed by atoms with van der Waals surface area (Å²) in [4.78, 5) is 28.5. The summed E-state index contributed by atoms with van der Waals surface area (Å²) >= 11 is 0. The molecular formula is C15H12N4O3. The first-order chi connectivity index (χ1) is 10.5. The first kappa shape index (κ1) is 13.7. The van der Waals surface area contributed by atoms with Gasteiger partial charge in [-0.25, -0.2) is 4.98 Å². The van der Waals surface area contributed by atoms with E-state index in [0.717, 1.165) is 11.3 Å². The van der Waals surface area contributed by atoms with Crippen molar-refractivity contribution in [2.24, 2.45) is 0 Å². The van der Waals surface area contributed by atoms with E-state index in [4.69, 9.17) is 0 Å². The van der Waals surface area contributed by atoms with E-state index in [1.54, 1.807) is 12.1 Å². The number of carbonyl (C=O) groups excluding carboxylic acids is 1. The minimum atomic E-state index is -0.471. The van der Waals surface area contributed by atoms with Crippen molar-refractivity contribution >= 4 is 28.3 Å². The molecule has 110 valence electrons. The monoisotopic (exact) mass is 296 g/mol. The van der Waals surface area contributed by atoms with Gasteiger partial charge in [0.2, 0.25) is 5.91 Å². The molecular weight excluding hydrogens is 284 g/mol. The fraction of sp³-hybridized carbons (Fsp3) is 0.0667. The quantitative estimate of drug-likeness (QED) is 0.572. The molecule has 0 spiro atoms. The number of benzene rings is 1. The number of aromatic amines is 1. The lowest BCUT2D eigenvalue weighted by molar-refractivity contribution is -0.385. The maximum Gasteiger partial charge on any atom is 0.288 e. The van der Waals surface area contributed by atoms with Gasteiger partial charge in [-0.15, -0.1) is 0 Å². The molecule has 1 aromatic carbocycles. The lowest BCUT2D eigenvalue weighted by Crippen LogP contribution is -2.05. The summed E-state index contributed by atoms with van der Waals surface area (Å²) in [5.74, 6) is -0.130. The van der Waals surface area contributed by atoms with E-state index in [9.17, 15) is 14.9 Å².